The van der Waals surface area contributed by atoms with Crippen LogP contribution in [-0.2, 0) is 0 Å². The number of hydrogen-bond acceptors (Lipinski definition) is 3. The summed E-state index contributed by atoms with van der Waals surface area (Å²) in [4.78, 5) is 15.9. The van der Waals surface area contributed by atoms with Gasteiger partial charge in [-0.1, -0.05) is 11.6 Å². The summed E-state index contributed by atoms with van der Waals surface area (Å²) in [6.07, 6.45) is 1.30. The fraction of sp³-hybridized carbons (Fsp3) is 0.0769. The molecule has 0 unspecified atom stereocenters. The lowest BCUT2D eigenvalue weighted by Gasteiger charge is -2.08. The van der Waals surface area contributed by atoms with Crippen LogP contribution in [0.25, 0.3) is 0 Å². The molecule has 0 aliphatic heterocycles. The summed E-state index contributed by atoms with van der Waals surface area (Å²) < 4.78 is 26.2. The van der Waals surface area contributed by atoms with Gasteiger partial charge >= 0.3 is 0 Å². The normalized spacial score (nSPS) is 10.2. The van der Waals surface area contributed by atoms with Gasteiger partial charge in [-0.2, -0.15) is 0 Å². The van der Waals surface area contributed by atoms with Crippen molar-refractivity contribution in [3.05, 3.63) is 52.7 Å². The van der Waals surface area contributed by atoms with E-state index in [1.165, 1.54) is 12.3 Å². The largest absolute Gasteiger partial charge is 0.372 e. The third-order valence-corrected chi connectivity index (χ3v) is 2.81. The zero-order chi connectivity index (χ0) is 14.7. The highest BCUT2D eigenvalue weighted by molar-refractivity contribution is 6.33. The molecule has 2 N–H and O–H groups in total. The van der Waals surface area contributed by atoms with E-state index in [1.807, 2.05) is 0 Å². The molecule has 2 rings (SSSR count). The number of nitrogens with zero attached hydrogens (tertiary/aromatic N) is 1. The second-order valence-electron chi connectivity index (χ2n) is 3.88. The highest BCUT2D eigenvalue weighted by Crippen LogP contribution is 2.21. The highest BCUT2D eigenvalue weighted by Gasteiger charge is 2.12. The van der Waals surface area contributed by atoms with Gasteiger partial charge in [-0.3, -0.25) is 4.79 Å². The van der Waals surface area contributed by atoms with Gasteiger partial charge in [0.05, 0.1) is 16.3 Å². The summed E-state index contributed by atoms with van der Waals surface area (Å²) in [6, 6.07) is 4.27. The van der Waals surface area contributed by atoms with Crippen molar-refractivity contribution in [1.29, 1.82) is 0 Å². The van der Waals surface area contributed by atoms with Gasteiger partial charge in [-0.15, -0.1) is 0 Å². The number of aromatic nitrogens is 1. The average molecular weight is 298 g/mol. The molecule has 1 amide bonds. The van der Waals surface area contributed by atoms with Gasteiger partial charge in [0.25, 0.3) is 5.91 Å². The first-order valence-electron chi connectivity index (χ1n) is 5.61. The summed E-state index contributed by atoms with van der Waals surface area (Å²) in [5.41, 5.74) is 0.0444. The number of amides is 1. The van der Waals surface area contributed by atoms with Crippen molar-refractivity contribution >= 4 is 29.0 Å². The van der Waals surface area contributed by atoms with Crippen molar-refractivity contribution in [2.75, 3.05) is 17.7 Å². The Balaban J connectivity index is 2.21. The van der Waals surface area contributed by atoms with Crippen LogP contribution in [0.15, 0.2) is 30.5 Å². The molecule has 0 spiro atoms. The molecule has 0 radical (unpaired) electrons. The minimum absolute atomic E-state index is 0.120. The first-order valence-corrected chi connectivity index (χ1v) is 5.98. The molecule has 104 valence electrons. The molecular formula is C13H10ClF2N3O. The van der Waals surface area contributed by atoms with E-state index in [2.05, 4.69) is 15.6 Å². The molecule has 2 aromatic rings. The maximum absolute atomic E-state index is 13.4. The minimum atomic E-state index is -0.857. The van der Waals surface area contributed by atoms with Gasteiger partial charge in [0.15, 0.2) is 0 Å². The lowest BCUT2D eigenvalue weighted by molar-refractivity contribution is 0.102. The smallest absolute Gasteiger partial charge is 0.257 e. The van der Waals surface area contributed by atoms with E-state index >= 15 is 0 Å². The Bertz CT molecular complexity index is 664. The van der Waals surface area contributed by atoms with Gasteiger partial charge in [0.2, 0.25) is 0 Å². The van der Waals surface area contributed by atoms with E-state index in [9.17, 15) is 13.6 Å². The zero-order valence-corrected chi connectivity index (χ0v) is 11.1. The summed E-state index contributed by atoms with van der Waals surface area (Å²) >= 11 is 5.90. The van der Waals surface area contributed by atoms with Crippen LogP contribution in [0, 0.1) is 11.6 Å². The summed E-state index contributed by atoms with van der Waals surface area (Å²) in [5, 5.41) is 5.33. The highest BCUT2D eigenvalue weighted by atomic mass is 35.5. The number of halogens is 3. The number of nitrogens with one attached hydrogen (secondary N) is 2. The quantitative estimate of drug-likeness (QED) is 0.914. The Morgan fingerprint density at radius 2 is 2.05 bits per heavy atom. The monoisotopic (exact) mass is 297 g/mol. The molecule has 7 heteroatoms. The fourth-order valence-electron chi connectivity index (χ4n) is 1.53. The van der Waals surface area contributed by atoms with Gasteiger partial charge in [0.1, 0.15) is 17.5 Å². The third-order valence-electron chi connectivity index (χ3n) is 2.52. The van der Waals surface area contributed by atoms with Crippen molar-refractivity contribution in [3.8, 4) is 0 Å². The average Bonchev–Trinajstić information content (AvgIpc) is 2.41. The Morgan fingerprint density at radius 3 is 2.65 bits per heavy atom. The molecule has 0 fully saturated rings. The van der Waals surface area contributed by atoms with Gasteiger partial charge < -0.3 is 10.6 Å². The Hall–Kier alpha value is -2.21. The van der Waals surface area contributed by atoms with Crippen molar-refractivity contribution in [1.82, 2.24) is 4.98 Å². The van der Waals surface area contributed by atoms with Crippen LogP contribution in [-0.4, -0.2) is 17.9 Å². The Morgan fingerprint density at radius 1 is 1.30 bits per heavy atom. The molecule has 1 heterocycles. The number of benzene rings is 1. The first kappa shape index (κ1) is 14.2. The summed E-state index contributed by atoms with van der Waals surface area (Å²) in [6.45, 7) is 0. The van der Waals surface area contributed by atoms with Gasteiger partial charge in [-0.25, -0.2) is 13.8 Å². The molecule has 0 bridgehead atoms. The van der Waals surface area contributed by atoms with Gasteiger partial charge in [-0.05, 0) is 18.2 Å². The second kappa shape index (κ2) is 5.83. The standard InChI is InChI=1S/C13H10ClF2N3O/c1-17-12-9(14)4-7(6-18-12)13(20)19-11-3-2-8(15)5-10(11)16/h2-6H,1H3,(H,17,18)(H,19,20). The molecule has 1 aromatic carbocycles. The van der Waals surface area contributed by atoms with Crippen LogP contribution in [0.1, 0.15) is 10.4 Å². The SMILES string of the molecule is CNc1ncc(C(=O)Nc2ccc(F)cc2F)cc1Cl. The van der Waals surface area contributed by atoms with Crippen molar-refractivity contribution in [3.63, 3.8) is 0 Å². The molecule has 20 heavy (non-hydrogen) atoms. The number of carbonyl (C=O) groups is 1. The van der Waals surface area contributed by atoms with E-state index in [1.54, 1.807) is 7.05 Å². The minimum Gasteiger partial charge on any atom is -0.372 e. The number of pyridine rings is 1. The van der Waals surface area contributed by atoms with E-state index in [4.69, 9.17) is 11.6 Å². The third kappa shape index (κ3) is 3.03. The molecule has 0 saturated heterocycles. The summed E-state index contributed by atoms with van der Waals surface area (Å²) in [5.74, 6) is -1.74. The predicted octanol–water partition coefficient (Wildman–Crippen LogP) is 3.31. The van der Waals surface area contributed by atoms with E-state index < -0.39 is 17.5 Å². The van der Waals surface area contributed by atoms with Crippen LogP contribution < -0.4 is 10.6 Å². The topological polar surface area (TPSA) is 54.0 Å². The number of carbonyl (C=O) groups excluding carboxylic acids is 1. The van der Waals surface area contributed by atoms with Crippen LogP contribution in [0.2, 0.25) is 5.02 Å². The van der Waals surface area contributed by atoms with Crippen molar-refractivity contribution in [2.45, 2.75) is 0 Å². The lowest BCUT2D eigenvalue weighted by atomic mass is 10.2. The Labute approximate surface area is 118 Å². The maximum Gasteiger partial charge on any atom is 0.257 e. The lowest BCUT2D eigenvalue weighted by Crippen LogP contribution is -2.13. The van der Waals surface area contributed by atoms with Crippen molar-refractivity contribution in [2.24, 2.45) is 0 Å². The predicted molar refractivity (Wildman–Crippen MR) is 73.1 cm³/mol. The Kier molecular flexibility index (Phi) is 4.14. The van der Waals surface area contributed by atoms with E-state index in [0.717, 1.165) is 12.1 Å². The number of anilines is 2. The summed E-state index contributed by atoms with van der Waals surface area (Å²) in [7, 11) is 1.64. The van der Waals surface area contributed by atoms with E-state index in [-0.39, 0.29) is 16.3 Å². The van der Waals surface area contributed by atoms with Crippen LogP contribution >= 0.6 is 11.6 Å². The van der Waals surface area contributed by atoms with Crippen LogP contribution in [0.4, 0.5) is 20.3 Å². The van der Waals surface area contributed by atoms with Crippen LogP contribution in [0.3, 0.4) is 0 Å². The molecule has 4 nitrogen and oxygen atoms in total. The number of hydrogen-bond donors (Lipinski definition) is 2. The molecule has 1 aromatic heterocycles. The second-order valence-corrected chi connectivity index (χ2v) is 4.29. The van der Waals surface area contributed by atoms with Crippen molar-refractivity contribution < 1.29 is 13.6 Å². The fourth-order valence-corrected chi connectivity index (χ4v) is 1.79. The molecular weight excluding hydrogens is 288 g/mol. The van der Waals surface area contributed by atoms with Gasteiger partial charge in [0, 0.05) is 19.3 Å². The molecule has 0 aliphatic rings. The zero-order valence-electron chi connectivity index (χ0n) is 10.4. The molecule has 0 aliphatic carbocycles. The molecule has 0 atom stereocenters. The maximum atomic E-state index is 13.4. The first-order chi connectivity index (χ1) is 9.51. The van der Waals surface area contributed by atoms with E-state index in [0.29, 0.717) is 11.9 Å². The number of rotatable bonds is 3. The van der Waals surface area contributed by atoms with Crippen LogP contribution in [0.5, 0.6) is 0 Å². The molecule has 0 saturated carbocycles.